The van der Waals surface area contributed by atoms with Gasteiger partial charge in [-0.05, 0) is 27.2 Å². The van der Waals surface area contributed by atoms with Crippen molar-refractivity contribution >= 4 is 10.0 Å². The fourth-order valence-electron chi connectivity index (χ4n) is 1.77. The normalized spacial score (nSPS) is 14.9. The van der Waals surface area contributed by atoms with Gasteiger partial charge in [0, 0.05) is 18.1 Å². The minimum Gasteiger partial charge on any atom is -0.312 e. The Balaban J connectivity index is 3.92. The van der Waals surface area contributed by atoms with Crippen molar-refractivity contribution in [3.63, 3.8) is 0 Å². The Bertz CT molecular complexity index is 300. The lowest BCUT2D eigenvalue weighted by Crippen LogP contribution is -2.51. The first-order valence-corrected chi connectivity index (χ1v) is 8.28. The fourth-order valence-corrected chi connectivity index (χ4v) is 2.85. The molecule has 4 nitrogen and oxygen atoms in total. The Morgan fingerprint density at radius 2 is 1.82 bits per heavy atom. The van der Waals surface area contributed by atoms with Gasteiger partial charge in [-0.15, -0.1) is 0 Å². The molecule has 0 bridgehead atoms. The summed E-state index contributed by atoms with van der Waals surface area (Å²) in [6.07, 6.45) is 6.05. The lowest BCUT2D eigenvalue weighted by molar-refractivity contribution is 0.382. The third-order valence-corrected chi connectivity index (χ3v) is 3.52. The van der Waals surface area contributed by atoms with Crippen LogP contribution in [0.2, 0.25) is 0 Å². The van der Waals surface area contributed by atoms with E-state index in [4.69, 9.17) is 0 Å². The van der Waals surface area contributed by atoms with Crippen LogP contribution in [-0.4, -0.2) is 32.8 Å². The molecular weight excluding hydrogens is 236 g/mol. The average molecular weight is 264 g/mol. The predicted octanol–water partition coefficient (Wildman–Crippen LogP) is 1.87. The van der Waals surface area contributed by atoms with Crippen LogP contribution in [0.15, 0.2) is 0 Å². The first-order valence-electron chi connectivity index (χ1n) is 6.38. The lowest BCUT2D eigenvalue weighted by atomic mass is 10.1. The van der Waals surface area contributed by atoms with E-state index in [1.807, 2.05) is 13.8 Å². The van der Waals surface area contributed by atoms with Crippen LogP contribution in [0, 0.1) is 0 Å². The van der Waals surface area contributed by atoms with Crippen LogP contribution in [-0.2, 0) is 10.0 Å². The molecule has 0 aliphatic carbocycles. The maximum Gasteiger partial charge on any atom is 0.209 e. The molecule has 0 aromatic carbocycles. The van der Waals surface area contributed by atoms with Gasteiger partial charge in [0.05, 0.1) is 6.26 Å². The summed E-state index contributed by atoms with van der Waals surface area (Å²) in [5.41, 5.74) is -0.438. The Morgan fingerprint density at radius 3 is 2.29 bits per heavy atom. The van der Waals surface area contributed by atoms with Gasteiger partial charge in [0.1, 0.15) is 0 Å². The van der Waals surface area contributed by atoms with Crippen LogP contribution in [0.25, 0.3) is 0 Å². The molecule has 1 atom stereocenters. The van der Waals surface area contributed by atoms with E-state index in [9.17, 15) is 8.42 Å². The second kappa shape index (κ2) is 7.34. The summed E-state index contributed by atoms with van der Waals surface area (Å²) >= 11 is 0. The maximum absolute atomic E-state index is 11.2. The highest BCUT2D eigenvalue weighted by Gasteiger charge is 2.22. The van der Waals surface area contributed by atoms with Gasteiger partial charge in [-0.25, -0.2) is 13.1 Å². The third-order valence-electron chi connectivity index (χ3n) is 2.59. The van der Waals surface area contributed by atoms with E-state index in [1.165, 1.54) is 25.5 Å². The van der Waals surface area contributed by atoms with Gasteiger partial charge < -0.3 is 5.32 Å². The molecular formula is C12H28N2O2S. The zero-order chi connectivity index (χ0) is 13.5. The molecule has 0 spiro atoms. The second-order valence-electron chi connectivity index (χ2n) is 5.54. The molecule has 1 unspecified atom stereocenters. The van der Waals surface area contributed by atoms with Crippen LogP contribution in [0.1, 0.15) is 53.4 Å². The first-order chi connectivity index (χ1) is 7.66. The molecule has 0 saturated heterocycles. The molecule has 0 saturated carbocycles. The Labute approximate surface area is 107 Å². The summed E-state index contributed by atoms with van der Waals surface area (Å²) in [7, 11) is -3.14. The number of nitrogens with one attached hydrogen (secondary N) is 2. The Morgan fingerprint density at radius 1 is 1.24 bits per heavy atom. The molecule has 2 N–H and O–H groups in total. The molecule has 0 heterocycles. The molecule has 5 heteroatoms. The highest BCUT2D eigenvalue weighted by atomic mass is 32.2. The third kappa shape index (κ3) is 10.7. The number of sulfonamides is 1. The zero-order valence-electron chi connectivity index (χ0n) is 11.8. The van der Waals surface area contributed by atoms with Crippen LogP contribution < -0.4 is 10.0 Å². The molecule has 0 aromatic heterocycles. The van der Waals surface area contributed by atoms with Crippen molar-refractivity contribution in [2.75, 3.05) is 12.8 Å². The van der Waals surface area contributed by atoms with E-state index in [-0.39, 0.29) is 0 Å². The van der Waals surface area contributed by atoms with Crippen molar-refractivity contribution in [3.8, 4) is 0 Å². The lowest BCUT2D eigenvalue weighted by Gasteiger charge is -2.27. The van der Waals surface area contributed by atoms with Gasteiger partial charge in [0.15, 0.2) is 0 Å². The Kier molecular flexibility index (Phi) is 7.28. The monoisotopic (exact) mass is 264 g/mol. The van der Waals surface area contributed by atoms with Crippen molar-refractivity contribution in [2.45, 2.75) is 65.0 Å². The summed E-state index contributed by atoms with van der Waals surface area (Å²) in [5.74, 6) is 0. The molecule has 0 rings (SSSR count). The number of hydrogen-bond donors (Lipinski definition) is 2. The molecule has 0 aliphatic heterocycles. The van der Waals surface area contributed by atoms with Gasteiger partial charge >= 0.3 is 0 Å². The molecule has 0 fully saturated rings. The van der Waals surface area contributed by atoms with Crippen molar-refractivity contribution in [3.05, 3.63) is 0 Å². The van der Waals surface area contributed by atoms with Gasteiger partial charge in [-0.2, -0.15) is 0 Å². The molecule has 0 radical (unpaired) electrons. The Hall–Kier alpha value is -0.130. The average Bonchev–Trinajstić information content (AvgIpc) is 2.12. The smallest absolute Gasteiger partial charge is 0.209 e. The summed E-state index contributed by atoms with van der Waals surface area (Å²) in [6.45, 7) is 8.76. The zero-order valence-corrected chi connectivity index (χ0v) is 12.7. The second-order valence-corrected chi connectivity index (χ2v) is 7.28. The SMILES string of the molecule is CCCCCC(C)NCC(C)(C)NS(C)(=O)=O. The van der Waals surface area contributed by atoms with Gasteiger partial charge in [0.2, 0.25) is 10.0 Å². The summed E-state index contributed by atoms with van der Waals surface area (Å²) in [5, 5.41) is 3.38. The van der Waals surface area contributed by atoms with E-state index >= 15 is 0 Å². The highest BCUT2D eigenvalue weighted by Crippen LogP contribution is 2.06. The standard InChI is InChI=1S/C12H28N2O2S/c1-6-7-8-9-11(2)13-10-12(3,4)14-17(5,15)16/h11,13-14H,6-10H2,1-5H3. The van der Waals surface area contributed by atoms with Crippen LogP contribution in [0.3, 0.4) is 0 Å². The van der Waals surface area contributed by atoms with E-state index in [1.54, 1.807) is 0 Å². The van der Waals surface area contributed by atoms with Gasteiger partial charge in [-0.1, -0.05) is 26.2 Å². The quantitative estimate of drug-likeness (QED) is 0.625. The van der Waals surface area contributed by atoms with Crippen molar-refractivity contribution < 1.29 is 8.42 Å². The number of unbranched alkanes of at least 4 members (excludes halogenated alkanes) is 2. The van der Waals surface area contributed by atoms with E-state index in [2.05, 4.69) is 23.9 Å². The summed E-state index contributed by atoms with van der Waals surface area (Å²) in [4.78, 5) is 0. The molecule has 0 aromatic rings. The minimum atomic E-state index is -3.14. The highest BCUT2D eigenvalue weighted by molar-refractivity contribution is 7.88. The van der Waals surface area contributed by atoms with E-state index in [0.29, 0.717) is 12.6 Å². The van der Waals surface area contributed by atoms with Crippen molar-refractivity contribution in [1.29, 1.82) is 0 Å². The summed E-state index contributed by atoms with van der Waals surface area (Å²) in [6, 6.07) is 0.433. The number of rotatable bonds is 9. The maximum atomic E-state index is 11.2. The predicted molar refractivity (Wildman–Crippen MR) is 73.7 cm³/mol. The van der Waals surface area contributed by atoms with Crippen molar-refractivity contribution in [2.24, 2.45) is 0 Å². The number of hydrogen-bond acceptors (Lipinski definition) is 3. The molecule has 0 aliphatic rings. The van der Waals surface area contributed by atoms with E-state index in [0.717, 1.165) is 6.42 Å². The molecule has 17 heavy (non-hydrogen) atoms. The molecule has 104 valence electrons. The molecule has 0 amide bonds. The topological polar surface area (TPSA) is 58.2 Å². The van der Waals surface area contributed by atoms with Gasteiger partial charge in [0.25, 0.3) is 0 Å². The van der Waals surface area contributed by atoms with Crippen LogP contribution >= 0.6 is 0 Å². The summed E-state index contributed by atoms with van der Waals surface area (Å²) < 4.78 is 25.0. The minimum absolute atomic E-state index is 0.433. The largest absolute Gasteiger partial charge is 0.312 e. The van der Waals surface area contributed by atoms with Crippen molar-refractivity contribution in [1.82, 2.24) is 10.0 Å². The first kappa shape index (κ1) is 16.9. The van der Waals surface area contributed by atoms with Crippen LogP contribution in [0.5, 0.6) is 0 Å². The fraction of sp³-hybridized carbons (Fsp3) is 1.00. The van der Waals surface area contributed by atoms with E-state index < -0.39 is 15.6 Å². The van der Waals surface area contributed by atoms with Crippen LogP contribution in [0.4, 0.5) is 0 Å². The van der Waals surface area contributed by atoms with Gasteiger partial charge in [-0.3, -0.25) is 0 Å².